The number of phenolic OH excluding ortho intramolecular Hbond substituents is 2. The molecule has 2 aromatic rings. The molecule has 140 valence electrons. The molecule has 0 bridgehead atoms. The van der Waals surface area contributed by atoms with E-state index < -0.39 is 17.3 Å². The molecule has 0 saturated carbocycles. The molecule has 0 fully saturated rings. The normalized spacial score (nSPS) is 12.5. The van der Waals surface area contributed by atoms with Gasteiger partial charge in [-0.3, -0.25) is 14.4 Å². The average molecular weight is 368 g/mol. The Bertz CT molecular complexity index is 952. The number of aromatic hydroxyl groups is 2. The van der Waals surface area contributed by atoms with Crippen molar-refractivity contribution in [2.45, 2.75) is 13.8 Å². The van der Waals surface area contributed by atoms with Gasteiger partial charge < -0.3 is 20.4 Å². The van der Waals surface area contributed by atoms with Gasteiger partial charge in [0.2, 0.25) is 11.7 Å². The molecule has 1 aliphatic carbocycles. The maximum atomic E-state index is 12.9. The molecule has 3 rings (SSSR count). The van der Waals surface area contributed by atoms with E-state index in [1.165, 1.54) is 42.2 Å². The first-order valence-corrected chi connectivity index (χ1v) is 8.64. The monoisotopic (exact) mass is 368 g/mol. The minimum absolute atomic E-state index is 0.0165. The number of ketones is 2. The molecule has 2 aromatic carbocycles. The highest BCUT2D eigenvalue weighted by Crippen LogP contribution is 2.38. The van der Waals surface area contributed by atoms with Gasteiger partial charge in [0, 0.05) is 42.9 Å². The predicted molar refractivity (Wildman–Crippen MR) is 99.6 cm³/mol. The molecule has 0 radical (unpaired) electrons. The lowest BCUT2D eigenvalue weighted by atomic mass is 9.82. The molecule has 1 aliphatic rings. The number of phenols is 2. The Morgan fingerprint density at radius 2 is 1.74 bits per heavy atom. The highest BCUT2D eigenvalue weighted by atomic mass is 16.3. The molecule has 7 heteroatoms. The summed E-state index contributed by atoms with van der Waals surface area (Å²) < 4.78 is 0. The Morgan fingerprint density at radius 3 is 2.41 bits per heavy atom. The van der Waals surface area contributed by atoms with E-state index in [1.807, 2.05) is 6.92 Å². The summed E-state index contributed by atoms with van der Waals surface area (Å²) in [5.74, 6) is -2.06. The predicted octanol–water partition coefficient (Wildman–Crippen LogP) is 1.84. The molecule has 0 unspecified atom stereocenters. The summed E-state index contributed by atoms with van der Waals surface area (Å²) in [6.07, 6.45) is 0. The van der Waals surface area contributed by atoms with Crippen molar-refractivity contribution in [3.8, 4) is 11.5 Å². The number of rotatable bonds is 5. The first-order valence-electron chi connectivity index (χ1n) is 8.64. The van der Waals surface area contributed by atoms with Crippen LogP contribution in [0.15, 0.2) is 30.3 Å². The van der Waals surface area contributed by atoms with Crippen LogP contribution in [0.5, 0.6) is 11.5 Å². The van der Waals surface area contributed by atoms with E-state index in [2.05, 4.69) is 5.32 Å². The van der Waals surface area contributed by atoms with Gasteiger partial charge in [0.25, 0.3) is 0 Å². The molecular weight excluding hydrogens is 348 g/mol. The number of nitrogens with one attached hydrogen (secondary N) is 1. The average Bonchev–Trinajstić information content (AvgIpc) is 2.62. The van der Waals surface area contributed by atoms with Gasteiger partial charge in [0.05, 0.1) is 11.1 Å². The number of benzene rings is 2. The van der Waals surface area contributed by atoms with Crippen LogP contribution in [-0.2, 0) is 4.79 Å². The summed E-state index contributed by atoms with van der Waals surface area (Å²) >= 11 is 0. The van der Waals surface area contributed by atoms with Gasteiger partial charge in [0.1, 0.15) is 11.5 Å². The number of hydrogen-bond acceptors (Lipinski definition) is 6. The van der Waals surface area contributed by atoms with Gasteiger partial charge in [-0.05, 0) is 18.7 Å². The second kappa shape index (κ2) is 7.20. The molecule has 0 atom stereocenters. The Hall–Kier alpha value is -3.19. The third-order valence-electron chi connectivity index (χ3n) is 4.54. The van der Waals surface area contributed by atoms with Crippen molar-refractivity contribution in [2.24, 2.45) is 0 Å². The Morgan fingerprint density at radius 1 is 1.04 bits per heavy atom. The first kappa shape index (κ1) is 18.6. The second-order valence-electron chi connectivity index (χ2n) is 6.27. The molecule has 0 spiro atoms. The zero-order chi connectivity index (χ0) is 19.7. The van der Waals surface area contributed by atoms with Gasteiger partial charge in [-0.15, -0.1) is 0 Å². The Kier molecular flexibility index (Phi) is 4.96. The van der Waals surface area contributed by atoms with Crippen LogP contribution in [0.25, 0.3) is 0 Å². The number of hydrogen-bond donors (Lipinski definition) is 3. The van der Waals surface area contributed by atoms with Crippen LogP contribution in [-0.4, -0.2) is 47.3 Å². The lowest BCUT2D eigenvalue weighted by Gasteiger charge is -2.25. The van der Waals surface area contributed by atoms with Gasteiger partial charge >= 0.3 is 0 Å². The number of amides is 1. The lowest BCUT2D eigenvalue weighted by molar-refractivity contribution is -0.116. The minimum atomic E-state index is -0.622. The molecule has 0 saturated heterocycles. The smallest absolute Gasteiger partial charge is 0.223 e. The van der Waals surface area contributed by atoms with Crippen LogP contribution in [0.1, 0.15) is 45.7 Å². The van der Waals surface area contributed by atoms with E-state index in [0.29, 0.717) is 18.8 Å². The maximum absolute atomic E-state index is 12.9. The fourth-order valence-electron chi connectivity index (χ4n) is 3.26. The standard InChI is InChI=1S/C20H20N2O5/c1-3-21-7-8-22(11(2)23)12-9-14-18(16(25)10-12)20(27)17-13(19(14)26)5-4-6-15(17)24/h4-6,9-10,21,24-25H,3,7-8H2,1-2H3. The zero-order valence-electron chi connectivity index (χ0n) is 15.1. The van der Waals surface area contributed by atoms with E-state index in [-0.39, 0.29) is 33.9 Å². The molecule has 0 heterocycles. The summed E-state index contributed by atoms with van der Waals surface area (Å²) in [4.78, 5) is 39.1. The molecule has 0 aromatic heterocycles. The van der Waals surface area contributed by atoms with E-state index in [1.54, 1.807) is 0 Å². The minimum Gasteiger partial charge on any atom is -0.507 e. The van der Waals surface area contributed by atoms with Crippen LogP contribution in [0.4, 0.5) is 5.69 Å². The molecule has 27 heavy (non-hydrogen) atoms. The van der Waals surface area contributed by atoms with Crippen LogP contribution < -0.4 is 10.2 Å². The van der Waals surface area contributed by atoms with E-state index in [9.17, 15) is 24.6 Å². The highest BCUT2D eigenvalue weighted by Gasteiger charge is 2.35. The van der Waals surface area contributed by atoms with Gasteiger partial charge in [0.15, 0.2) is 5.78 Å². The summed E-state index contributed by atoms with van der Waals surface area (Å²) in [5.41, 5.74) is 0.150. The van der Waals surface area contributed by atoms with Crippen LogP contribution in [0, 0.1) is 0 Å². The van der Waals surface area contributed by atoms with Crippen molar-refractivity contribution in [3.63, 3.8) is 0 Å². The van der Waals surface area contributed by atoms with Gasteiger partial charge in [-0.1, -0.05) is 19.1 Å². The SMILES string of the molecule is CCNCCN(C(C)=O)c1cc(O)c2c(c1)C(=O)c1cccc(O)c1C2=O. The summed E-state index contributed by atoms with van der Waals surface area (Å²) in [6, 6.07) is 6.98. The molecular formula is C20H20N2O5. The lowest BCUT2D eigenvalue weighted by Crippen LogP contribution is -2.35. The molecule has 1 amide bonds. The van der Waals surface area contributed by atoms with Crippen molar-refractivity contribution >= 4 is 23.2 Å². The number of carbonyl (C=O) groups excluding carboxylic acids is 3. The highest BCUT2D eigenvalue weighted by molar-refractivity contribution is 6.30. The van der Waals surface area contributed by atoms with Crippen molar-refractivity contribution in [2.75, 3.05) is 24.5 Å². The Labute approximate surface area is 156 Å². The summed E-state index contributed by atoms with van der Waals surface area (Å²) in [5, 5.41) is 23.5. The quantitative estimate of drug-likeness (QED) is 0.593. The number of anilines is 1. The van der Waals surface area contributed by atoms with Crippen molar-refractivity contribution in [3.05, 3.63) is 52.6 Å². The number of carbonyl (C=O) groups is 3. The molecule has 3 N–H and O–H groups in total. The summed E-state index contributed by atoms with van der Waals surface area (Å²) in [6.45, 7) is 4.97. The third-order valence-corrected chi connectivity index (χ3v) is 4.54. The molecule has 0 aliphatic heterocycles. The summed E-state index contributed by atoms with van der Waals surface area (Å²) in [7, 11) is 0. The zero-order valence-corrected chi connectivity index (χ0v) is 15.1. The molecule has 7 nitrogen and oxygen atoms in total. The van der Waals surface area contributed by atoms with Gasteiger partial charge in [-0.2, -0.15) is 0 Å². The van der Waals surface area contributed by atoms with Crippen LogP contribution in [0.2, 0.25) is 0 Å². The maximum Gasteiger partial charge on any atom is 0.223 e. The van der Waals surface area contributed by atoms with Crippen LogP contribution in [0.3, 0.4) is 0 Å². The topological polar surface area (TPSA) is 107 Å². The van der Waals surface area contributed by atoms with Crippen LogP contribution >= 0.6 is 0 Å². The van der Waals surface area contributed by atoms with Crippen molar-refractivity contribution in [1.82, 2.24) is 5.32 Å². The first-order chi connectivity index (χ1) is 12.9. The largest absolute Gasteiger partial charge is 0.507 e. The number of nitrogens with zero attached hydrogens (tertiary/aromatic N) is 1. The number of likely N-dealkylation sites (N-methyl/N-ethyl adjacent to an activating group) is 1. The van der Waals surface area contributed by atoms with Crippen molar-refractivity contribution in [1.29, 1.82) is 0 Å². The third kappa shape index (κ3) is 3.17. The van der Waals surface area contributed by atoms with Crippen molar-refractivity contribution < 1.29 is 24.6 Å². The number of fused-ring (bicyclic) bond motifs is 2. The fourth-order valence-corrected chi connectivity index (χ4v) is 3.26. The Balaban J connectivity index is 2.10. The van der Waals surface area contributed by atoms with E-state index in [0.717, 1.165) is 6.54 Å². The second-order valence-corrected chi connectivity index (χ2v) is 6.27. The fraction of sp³-hybridized carbons (Fsp3) is 0.250. The van der Waals surface area contributed by atoms with E-state index in [4.69, 9.17) is 0 Å². The van der Waals surface area contributed by atoms with E-state index >= 15 is 0 Å². The van der Waals surface area contributed by atoms with Gasteiger partial charge in [-0.25, -0.2) is 0 Å².